The zero-order valence-corrected chi connectivity index (χ0v) is 9.87. The van der Waals surface area contributed by atoms with E-state index < -0.39 is 24.0 Å². The van der Waals surface area contributed by atoms with Crippen LogP contribution < -0.4 is 5.73 Å². The van der Waals surface area contributed by atoms with E-state index in [-0.39, 0.29) is 6.42 Å². The number of nitrogens with two attached hydrogens (primary N) is 1. The predicted octanol–water partition coefficient (Wildman–Crippen LogP) is -1.51. The van der Waals surface area contributed by atoms with Gasteiger partial charge in [-0.05, 0) is 13.5 Å². The number of carbonyl (C=O) groups is 2. The lowest BCUT2D eigenvalue weighted by atomic mass is 10.1. The van der Waals surface area contributed by atoms with Crippen molar-refractivity contribution in [3.63, 3.8) is 0 Å². The molecule has 1 rings (SSSR count). The first-order chi connectivity index (χ1) is 7.91. The minimum absolute atomic E-state index is 0.0611. The van der Waals surface area contributed by atoms with E-state index in [0.717, 1.165) is 13.1 Å². The monoisotopic (exact) mass is 245 g/mol. The number of piperazine rings is 1. The van der Waals surface area contributed by atoms with Crippen LogP contribution in [0.4, 0.5) is 0 Å². The van der Waals surface area contributed by atoms with Gasteiger partial charge in [-0.3, -0.25) is 14.5 Å². The summed E-state index contributed by atoms with van der Waals surface area (Å²) in [6, 6.07) is -1.94. The van der Waals surface area contributed by atoms with Gasteiger partial charge in [0.05, 0.1) is 0 Å². The third kappa shape index (κ3) is 3.95. The molecule has 98 valence electrons. The molecule has 1 heterocycles. The SMILES string of the molecule is CN1CCN(C(C[C@H](N)C(=O)O)C(=O)O)CC1. The molecule has 2 atom stereocenters. The Morgan fingerprint density at radius 3 is 2.12 bits per heavy atom. The molecule has 1 aliphatic rings. The molecule has 0 radical (unpaired) electrons. The lowest BCUT2D eigenvalue weighted by Crippen LogP contribution is -2.53. The van der Waals surface area contributed by atoms with Crippen LogP contribution >= 0.6 is 0 Å². The second-order valence-electron chi connectivity index (χ2n) is 4.37. The Morgan fingerprint density at radius 1 is 1.18 bits per heavy atom. The quantitative estimate of drug-likeness (QED) is 0.540. The molecule has 0 aromatic heterocycles. The van der Waals surface area contributed by atoms with Crippen molar-refractivity contribution < 1.29 is 19.8 Å². The van der Waals surface area contributed by atoms with Crippen LogP contribution in [0.1, 0.15) is 6.42 Å². The number of likely N-dealkylation sites (N-methyl/N-ethyl adjacent to an activating group) is 1. The Bertz CT molecular complexity index is 289. The number of nitrogens with zero attached hydrogens (tertiary/aromatic N) is 2. The van der Waals surface area contributed by atoms with Crippen LogP contribution in [0.5, 0.6) is 0 Å². The van der Waals surface area contributed by atoms with Gasteiger partial charge in [0.15, 0.2) is 0 Å². The highest BCUT2D eigenvalue weighted by Gasteiger charge is 2.31. The van der Waals surface area contributed by atoms with Gasteiger partial charge >= 0.3 is 11.9 Å². The third-order valence-corrected chi connectivity index (χ3v) is 3.06. The van der Waals surface area contributed by atoms with Crippen LogP contribution in [0.25, 0.3) is 0 Å². The van der Waals surface area contributed by atoms with E-state index in [2.05, 4.69) is 4.90 Å². The van der Waals surface area contributed by atoms with Crippen LogP contribution in [0.2, 0.25) is 0 Å². The van der Waals surface area contributed by atoms with Gasteiger partial charge < -0.3 is 20.8 Å². The molecular formula is C10H19N3O4. The average Bonchev–Trinajstić information content (AvgIpc) is 2.26. The Hall–Kier alpha value is -1.18. The maximum Gasteiger partial charge on any atom is 0.320 e. The molecule has 7 heteroatoms. The summed E-state index contributed by atoms with van der Waals surface area (Å²) >= 11 is 0. The van der Waals surface area contributed by atoms with Gasteiger partial charge in [-0.25, -0.2) is 0 Å². The highest BCUT2D eigenvalue weighted by molar-refractivity contribution is 5.77. The molecule has 0 aliphatic carbocycles. The molecule has 0 saturated carbocycles. The van der Waals surface area contributed by atoms with Crippen molar-refractivity contribution in [3.05, 3.63) is 0 Å². The smallest absolute Gasteiger partial charge is 0.320 e. The van der Waals surface area contributed by atoms with E-state index in [1.54, 1.807) is 4.90 Å². The van der Waals surface area contributed by atoms with E-state index in [4.69, 9.17) is 15.9 Å². The Balaban J connectivity index is 2.60. The number of aliphatic carboxylic acids is 2. The van der Waals surface area contributed by atoms with Crippen LogP contribution in [-0.4, -0.2) is 77.3 Å². The molecule has 0 aromatic carbocycles. The van der Waals surface area contributed by atoms with Gasteiger partial charge in [0.25, 0.3) is 0 Å². The van der Waals surface area contributed by atoms with Crippen molar-refractivity contribution in [1.82, 2.24) is 9.80 Å². The van der Waals surface area contributed by atoms with E-state index in [0.29, 0.717) is 13.1 Å². The second kappa shape index (κ2) is 5.95. The molecule has 0 bridgehead atoms. The van der Waals surface area contributed by atoms with Gasteiger partial charge in [0.2, 0.25) is 0 Å². The second-order valence-corrected chi connectivity index (χ2v) is 4.37. The lowest BCUT2D eigenvalue weighted by Gasteiger charge is -2.36. The summed E-state index contributed by atoms with van der Waals surface area (Å²) in [5.74, 6) is -2.17. The van der Waals surface area contributed by atoms with Crippen molar-refractivity contribution in [2.24, 2.45) is 5.73 Å². The Morgan fingerprint density at radius 2 is 1.71 bits per heavy atom. The van der Waals surface area contributed by atoms with Crippen molar-refractivity contribution in [2.45, 2.75) is 18.5 Å². The van der Waals surface area contributed by atoms with Gasteiger partial charge in [-0.15, -0.1) is 0 Å². The summed E-state index contributed by atoms with van der Waals surface area (Å²) in [4.78, 5) is 25.7. The fourth-order valence-corrected chi connectivity index (χ4v) is 1.88. The molecule has 4 N–H and O–H groups in total. The number of hydrogen-bond acceptors (Lipinski definition) is 5. The van der Waals surface area contributed by atoms with Crippen molar-refractivity contribution in [2.75, 3.05) is 33.2 Å². The van der Waals surface area contributed by atoms with Crippen LogP contribution in [0.15, 0.2) is 0 Å². The summed E-state index contributed by atoms with van der Waals surface area (Å²) in [5.41, 5.74) is 5.39. The van der Waals surface area contributed by atoms with E-state index in [9.17, 15) is 9.59 Å². The lowest BCUT2D eigenvalue weighted by molar-refractivity contribution is -0.145. The highest BCUT2D eigenvalue weighted by Crippen LogP contribution is 2.10. The van der Waals surface area contributed by atoms with E-state index in [1.807, 2.05) is 7.05 Å². The van der Waals surface area contributed by atoms with E-state index in [1.165, 1.54) is 0 Å². The standard InChI is InChI=1S/C10H19N3O4/c1-12-2-4-13(5-3-12)8(10(16)17)6-7(11)9(14)15/h7-8H,2-6,11H2,1H3,(H,14,15)(H,16,17)/t7-,8?/m0/s1. The molecule has 1 fully saturated rings. The Kier molecular flexibility index (Phi) is 4.86. The average molecular weight is 245 g/mol. The van der Waals surface area contributed by atoms with Gasteiger partial charge in [0, 0.05) is 26.2 Å². The number of hydrogen-bond donors (Lipinski definition) is 3. The van der Waals surface area contributed by atoms with Gasteiger partial charge in [-0.1, -0.05) is 0 Å². The van der Waals surface area contributed by atoms with Crippen LogP contribution in [0, 0.1) is 0 Å². The predicted molar refractivity (Wildman–Crippen MR) is 60.7 cm³/mol. The minimum atomic E-state index is -1.16. The highest BCUT2D eigenvalue weighted by atomic mass is 16.4. The third-order valence-electron chi connectivity index (χ3n) is 3.06. The number of carboxylic acids is 2. The Labute approximate surface area is 99.8 Å². The summed E-state index contributed by atoms with van der Waals surface area (Å²) < 4.78 is 0. The molecular weight excluding hydrogens is 226 g/mol. The normalized spacial score (nSPS) is 22.0. The largest absolute Gasteiger partial charge is 0.480 e. The molecule has 1 unspecified atom stereocenters. The molecule has 1 aliphatic heterocycles. The molecule has 0 aromatic rings. The summed E-state index contributed by atoms with van der Waals surface area (Å²) in [7, 11) is 1.97. The maximum atomic E-state index is 11.1. The molecule has 17 heavy (non-hydrogen) atoms. The van der Waals surface area contributed by atoms with Crippen LogP contribution in [0.3, 0.4) is 0 Å². The number of rotatable bonds is 5. The first-order valence-corrected chi connectivity index (χ1v) is 5.55. The molecule has 7 nitrogen and oxygen atoms in total. The van der Waals surface area contributed by atoms with Gasteiger partial charge in [0.1, 0.15) is 12.1 Å². The minimum Gasteiger partial charge on any atom is -0.480 e. The zero-order valence-electron chi connectivity index (χ0n) is 9.87. The van der Waals surface area contributed by atoms with Crippen molar-refractivity contribution >= 4 is 11.9 Å². The maximum absolute atomic E-state index is 11.1. The van der Waals surface area contributed by atoms with Gasteiger partial charge in [-0.2, -0.15) is 0 Å². The first kappa shape index (κ1) is 13.9. The molecule has 0 amide bonds. The molecule has 0 spiro atoms. The summed E-state index contributed by atoms with van der Waals surface area (Å²) in [6.45, 7) is 2.82. The zero-order chi connectivity index (χ0) is 13.0. The first-order valence-electron chi connectivity index (χ1n) is 5.55. The molecule has 1 saturated heterocycles. The fraction of sp³-hybridized carbons (Fsp3) is 0.800. The van der Waals surface area contributed by atoms with E-state index >= 15 is 0 Å². The van der Waals surface area contributed by atoms with Crippen LogP contribution in [-0.2, 0) is 9.59 Å². The topological polar surface area (TPSA) is 107 Å². The van der Waals surface area contributed by atoms with Crippen molar-refractivity contribution in [3.8, 4) is 0 Å². The number of carboxylic acid groups (broad SMARTS) is 2. The van der Waals surface area contributed by atoms with Crippen molar-refractivity contribution in [1.29, 1.82) is 0 Å². The fourth-order valence-electron chi connectivity index (χ4n) is 1.88. The summed E-state index contributed by atoms with van der Waals surface area (Å²) in [5, 5.41) is 17.8. The summed E-state index contributed by atoms with van der Waals surface area (Å²) in [6.07, 6.45) is -0.0611.